The molecule has 2 aromatic carbocycles. The third kappa shape index (κ3) is 3.39. The molecule has 0 radical (unpaired) electrons. The van der Waals surface area contributed by atoms with Crippen molar-refractivity contribution in [2.75, 3.05) is 21.3 Å². The molecule has 1 aromatic heterocycles. The van der Waals surface area contributed by atoms with Gasteiger partial charge < -0.3 is 14.2 Å². The number of halogens is 1. The molecular weight excluding hydrogens is 380 g/mol. The van der Waals surface area contributed by atoms with E-state index in [1.807, 2.05) is 13.0 Å². The van der Waals surface area contributed by atoms with E-state index in [1.165, 1.54) is 11.8 Å². The summed E-state index contributed by atoms with van der Waals surface area (Å²) in [5, 5.41) is 4.51. The van der Waals surface area contributed by atoms with Crippen molar-refractivity contribution in [1.82, 2.24) is 9.78 Å². The van der Waals surface area contributed by atoms with Crippen LogP contribution in [0.1, 0.15) is 11.1 Å². The van der Waals surface area contributed by atoms with Crippen LogP contribution in [0.4, 0.5) is 0 Å². The highest BCUT2D eigenvalue weighted by atomic mass is 35.5. The van der Waals surface area contributed by atoms with Crippen LogP contribution in [-0.4, -0.2) is 31.1 Å². The molecule has 0 unspecified atom stereocenters. The molecule has 3 aromatic rings. The summed E-state index contributed by atoms with van der Waals surface area (Å²) in [6.07, 6.45) is 1.72. The van der Waals surface area contributed by atoms with E-state index in [1.54, 1.807) is 44.6 Å². The smallest absolute Gasteiger partial charge is 0.279 e. The van der Waals surface area contributed by atoms with Crippen molar-refractivity contribution in [3.63, 3.8) is 0 Å². The normalized spacial score (nSPS) is 11.5. The Morgan fingerprint density at radius 2 is 1.75 bits per heavy atom. The average Bonchev–Trinajstić information content (AvgIpc) is 2.97. The molecule has 0 aliphatic rings. The summed E-state index contributed by atoms with van der Waals surface area (Å²) in [5.41, 5.74) is 1.95. The van der Waals surface area contributed by atoms with Crippen LogP contribution in [-0.2, 0) is 0 Å². The lowest BCUT2D eigenvalue weighted by molar-refractivity contribution is 0.324. The van der Waals surface area contributed by atoms with Crippen molar-refractivity contribution in [2.45, 2.75) is 6.92 Å². The quantitative estimate of drug-likeness (QED) is 0.714. The van der Waals surface area contributed by atoms with E-state index in [-0.39, 0.29) is 5.56 Å². The van der Waals surface area contributed by atoms with E-state index in [9.17, 15) is 4.79 Å². The van der Waals surface area contributed by atoms with Gasteiger partial charge in [-0.25, -0.2) is 4.68 Å². The Hall–Kier alpha value is -3.12. The minimum absolute atomic E-state index is 0.232. The van der Waals surface area contributed by atoms with E-state index in [0.717, 1.165) is 5.56 Å². The minimum atomic E-state index is -0.232. The van der Waals surface area contributed by atoms with Gasteiger partial charge in [0.15, 0.2) is 11.5 Å². The Morgan fingerprint density at radius 1 is 1.11 bits per heavy atom. The molecule has 0 amide bonds. The van der Waals surface area contributed by atoms with Crippen LogP contribution < -0.4 is 30.3 Å². The van der Waals surface area contributed by atoms with E-state index in [4.69, 9.17) is 25.8 Å². The lowest BCUT2D eigenvalue weighted by Gasteiger charge is -2.12. The summed E-state index contributed by atoms with van der Waals surface area (Å²) in [7, 11) is 4.62. The van der Waals surface area contributed by atoms with Crippen molar-refractivity contribution in [1.29, 1.82) is 0 Å². The van der Waals surface area contributed by atoms with Crippen molar-refractivity contribution in [3.8, 4) is 22.9 Å². The molecule has 0 aliphatic heterocycles. The standard InChI is InChI=1S/C21H21ClN2O4/c1-12-16(22)7-6-8-17(12)24-21(25)15(13(2)23-24)9-14-10-18(26-3)20(28-5)19(11-14)27-4/h6-11,23H,2H2,1,3-5H3/b15-9+. The zero-order valence-electron chi connectivity index (χ0n) is 16.1. The molecule has 0 bridgehead atoms. The fourth-order valence-corrected chi connectivity index (χ4v) is 3.17. The summed E-state index contributed by atoms with van der Waals surface area (Å²) in [4.78, 5) is 13.0. The van der Waals surface area contributed by atoms with Crippen LogP contribution in [0.2, 0.25) is 5.02 Å². The lowest BCUT2D eigenvalue weighted by Crippen LogP contribution is -2.34. The van der Waals surface area contributed by atoms with Crippen LogP contribution >= 0.6 is 11.6 Å². The van der Waals surface area contributed by atoms with Crippen molar-refractivity contribution >= 4 is 24.3 Å². The van der Waals surface area contributed by atoms with Gasteiger partial charge in [-0.05, 0) is 48.4 Å². The maximum atomic E-state index is 13.0. The number of hydrogen-bond acceptors (Lipinski definition) is 4. The van der Waals surface area contributed by atoms with Gasteiger partial charge in [0.1, 0.15) is 0 Å². The molecule has 0 spiro atoms. The van der Waals surface area contributed by atoms with Crippen LogP contribution in [0.3, 0.4) is 0 Å². The van der Waals surface area contributed by atoms with E-state index in [0.29, 0.717) is 44.1 Å². The van der Waals surface area contributed by atoms with Crippen LogP contribution in [0, 0.1) is 6.92 Å². The van der Waals surface area contributed by atoms with Gasteiger partial charge in [0.05, 0.1) is 37.6 Å². The first-order valence-electron chi connectivity index (χ1n) is 8.48. The second-order valence-corrected chi connectivity index (χ2v) is 6.54. The third-order valence-electron chi connectivity index (χ3n) is 4.48. The Balaban J connectivity index is 2.22. The largest absolute Gasteiger partial charge is 0.493 e. The summed E-state index contributed by atoms with van der Waals surface area (Å²) in [6.45, 7) is 5.82. The Morgan fingerprint density at radius 3 is 2.32 bits per heavy atom. The van der Waals surface area contributed by atoms with Crippen molar-refractivity contribution in [3.05, 3.63) is 67.4 Å². The molecule has 0 atom stereocenters. The Bertz CT molecular complexity index is 1170. The first-order chi connectivity index (χ1) is 13.4. The van der Waals surface area contributed by atoms with E-state index < -0.39 is 0 Å². The molecule has 6 nitrogen and oxygen atoms in total. The average molecular weight is 401 g/mol. The number of nitrogens with zero attached hydrogens (tertiary/aromatic N) is 1. The molecule has 0 fully saturated rings. The maximum absolute atomic E-state index is 13.0. The van der Waals surface area contributed by atoms with Gasteiger partial charge in [0.2, 0.25) is 5.75 Å². The monoisotopic (exact) mass is 400 g/mol. The summed E-state index contributed by atoms with van der Waals surface area (Å²) in [6, 6.07) is 8.93. The maximum Gasteiger partial charge on any atom is 0.279 e. The number of aromatic nitrogens is 2. The second kappa shape index (κ2) is 7.86. The predicted octanol–water partition coefficient (Wildman–Crippen LogP) is 2.39. The molecule has 146 valence electrons. The second-order valence-electron chi connectivity index (χ2n) is 6.13. The SMILES string of the molecule is C=c1[nH]n(-c2cccc(Cl)c2C)c(=O)/c1=C/c1cc(OC)c(OC)c(OC)c1. The van der Waals surface area contributed by atoms with Gasteiger partial charge in [0, 0.05) is 5.02 Å². The topological polar surface area (TPSA) is 65.5 Å². The van der Waals surface area contributed by atoms with E-state index >= 15 is 0 Å². The zero-order valence-corrected chi connectivity index (χ0v) is 16.9. The van der Waals surface area contributed by atoms with Crippen LogP contribution in [0.15, 0.2) is 35.1 Å². The van der Waals surface area contributed by atoms with Gasteiger partial charge in [-0.1, -0.05) is 24.2 Å². The zero-order chi connectivity index (χ0) is 20.4. The minimum Gasteiger partial charge on any atom is -0.493 e. The number of ether oxygens (including phenoxy) is 3. The van der Waals surface area contributed by atoms with Crippen molar-refractivity contribution in [2.24, 2.45) is 0 Å². The highest BCUT2D eigenvalue weighted by Gasteiger charge is 2.13. The first-order valence-corrected chi connectivity index (χ1v) is 8.86. The molecule has 1 N–H and O–H groups in total. The van der Waals surface area contributed by atoms with E-state index in [2.05, 4.69) is 11.7 Å². The summed E-state index contributed by atoms with van der Waals surface area (Å²) in [5.74, 6) is 1.48. The number of H-pyrrole nitrogens is 1. The van der Waals surface area contributed by atoms with Crippen LogP contribution in [0.5, 0.6) is 17.2 Å². The molecule has 0 saturated heterocycles. The van der Waals surface area contributed by atoms with Gasteiger partial charge >= 0.3 is 0 Å². The number of methoxy groups -OCH3 is 3. The first kappa shape index (κ1) is 19.6. The fraction of sp³-hybridized carbons (Fsp3) is 0.190. The molecule has 3 rings (SSSR count). The summed E-state index contributed by atoms with van der Waals surface area (Å²) >= 11 is 6.20. The lowest BCUT2D eigenvalue weighted by atomic mass is 10.1. The molecule has 1 heterocycles. The number of hydrogen-bond donors (Lipinski definition) is 1. The Labute approximate surface area is 167 Å². The predicted molar refractivity (Wildman–Crippen MR) is 111 cm³/mol. The molecule has 28 heavy (non-hydrogen) atoms. The van der Waals surface area contributed by atoms with Gasteiger partial charge in [-0.15, -0.1) is 0 Å². The molecule has 0 saturated carbocycles. The molecular formula is C21H21ClN2O4. The Kier molecular flexibility index (Phi) is 5.51. The summed E-state index contributed by atoms with van der Waals surface area (Å²) < 4.78 is 17.5. The van der Waals surface area contributed by atoms with Gasteiger partial charge in [-0.2, -0.15) is 0 Å². The number of benzene rings is 2. The fourth-order valence-electron chi connectivity index (χ4n) is 3.00. The molecule has 7 heteroatoms. The van der Waals surface area contributed by atoms with Gasteiger partial charge in [-0.3, -0.25) is 9.89 Å². The highest BCUT2D eigenvalue weighted by molar-refractivity contribution is 6.31. The van der Waals surface area contributed by atoms with Crippen LogP contribution in [0.25, 0.3) is 18.3 Å². The molecule has 0 aliphatic carbocycles. The van der Waals surface area contributed by atoms with Gasteiger partial charge in [0.25, 0.3) is 5.56 Å². The third-order valence-corrected chi connectivity index (χ3v) is 4.89. The number of aromatic amines is 1. The number of nitrogens with one attached hydrogen (secondary N) is 1. The highest BCUT2D eigenvalue weighted by Crippen LogP contribution is 2.38. The van der Waals surface area contributed by atoms with Crippen molar-refractivity contribution < 1.29 is 14.2 Å². The number of rotatable bonds is 5.